The summed E-state index contributed by atoms with van der Waals surface area (Å²) in [6.07, 6.45) is 0. The SMILES string of the molecule is NNc1nnc(-c2cccc(OCc3ccccc3F)c2)o1. The molecular weight excluding hydrogens is 287 g/mol. The zero-order valence-electron chi connectivity index (χ0n) is 11.5. The van der Waals surface area contributed by atoms with E-state index in [1.54, 1.807) is 42.5 Å². The number of nitrogens with two attached hydrogens (primary N) is 1. The van der Waals surface area contributed by atoms with Crippen LogP contribution in [0, 0.1) is 5.82 Å². The number of aromatic nitrogens is 2. The van der Waals surface area contributed by atoms with E-state index in [1.807, 2.05) is 0 Å². The van der Waals surface area contributed by atoms with Crippen molar-refractivity contribution in [3.63, 3.8) is 0 Å². The summed E-state index contributed by atoms with van der Waals surface area (Å²) < 4.78 is 24.4. The molecule has 7 heteroatoms. The smallest absolute Gasteiger partial charge is 0.330 e. The molecule has 0 spiro atoms. The molecule has 0 saturated heterocycles. The summed E-state index contributed by atoms with van der Waals surface area (Å²) in [5.41, 5.74) is 3.44. The number of hydrogen-bond donors (Lipinski definition) is 2. The Morgan fingerprint density at radius 2 is 2.00 bits per heavy atom. The Bertz CT molecular complexity index is 775. The van der Waals surface area contributed by atoms with E-state index in [0.29, 0.717) is 22.8 Å². The Kier molecular flexibility index (Phi) is 3.97. The highest BCUT2D eigenvalue weighted by Crippen LogP contribution is 2.24. The predicted molar refractivity (Wildman–Crippen MR) is 78.3 cm³/mol. The van der Waals surface area contributed by atoms with Gasteiger partial charge in [-0.3, -0.25) is 5.43 Å². The van der Waals surface area contributed by atoms with Crippen molar-refractivity contribution in [1.82, 2.24) is 10.2 Å². The number of nitrogen functional groups attached to an aromatic ring is 1. The lowest BCUT2D eigenvalue weighted by molar-refractivity contribution is 0.300. The molecule has 0 atom stereocenters. The van der Waals surface area contributed by atoms with Crippen LogP contribution in [0.15, 0.2) is 52.9 Å². The minimum atomic E-state index is -0.297. The molecule has 112 valence electrons. The van der Waals surface area contributed by atoms with Crippen LogP contribution in [0.4, 0.5) is 10.4 Å². The summed E-state index contributed by atoms with van der Waals surface area (Å²) in [6, 6.07) is 13.7. The molecule has 0 amide bonds. The number of nitrogens with one attached hydrogen (secondary N) is 1. The normalized spacial score (nSPS) is 10.5. The van der Waals surface area contributed by atoms with Gasteiger partial charge in [-0.2, -0.15) is 0 Å². The largest absolute Gasteiger partial charge is 0.489 e. The maximum absolute atomic E-state index is 13.5. The summed E-state index contributed by atoms with van der Waals surface area (Å²) in [5.74, 6) is 5.77. The van der Waals surface area contributed by atoms with Crippen LogP contribution in [0.1, 0.15) is 5.56 Å². The maximum Gasteiger partial charge on any atom is 0.330 e. The minimum Gasteiger partial charge on any atom is -0.489 e. The Morgan fingerprint density at radius 1 is 1.14 bits per heavy atom. The number of halogens is 1. The molecule has 3 N–H and O–H groups in total. The van der Waals surface area contributed by atoms with E-state index in [2.05, 4.69) is 15.6 Å². The van der Waals surface area contributed by atoms with Crippen LogP contribution in [-0.4, -0.2) is 10.2 Å². The van der Waals surface area contributed by atoms with E-state index in [9.17, 15) is 4.39 Å². The summed E-state index contributed by atoms with van der Waals surface area (Å²) in [7, 11) is 0. The maximum atomic E-state index is 13.5. The standard InChI is InChI=1S/C15H13FN4O2/c16-13-7-2-1-4-11(13)9-21-12-6-3-5-10(8-12)14-19-20-15(18-17)22-14/h1-8H,9,17H2,(H,18,20). The second-order valence-corrected chi connectivity index (χ2v) is 4.46. The molecule has 0 radical (unpaired) electrons. The van der Waals surface area contributed by atoms with Crippen molar-refractivity contribution in [1.29, 1.82) is 0 Å². The van der Waals surface area contributed by atoms with Gasteiger partial charge in [0.05, 0.1) is 0 Å². The fourth-order valence-corrected chi connectivity index (χ4v) is 1.89. The van der Waals surface area contributed by atoms with Gasteiger partial charge in [0.15, 0.2) is 0 Å². The molecule has 6 nitrogen and oxygen atoms in total. The number of rotatable bonds is 5. The van der Waals surface area contributed by atoms with Crippen molar-refractivity contribution in [3.05, 3.63) is 59.9 Å². The lowest BCUT2D eigenvalue weighted by atomic mass is 10.2. The Hall–Kier alpha value is -2.93. The molecule has 0 aliphatic rings. The highest BCUT2D eigenvalue weighted by molar-refractivity contribution is 5.56. The molecule has 0 unspecified atom stereocenters. The quantitative estimate of drug-likeness (QED) is 0.556. The zero-order valence-corrected chi connectivity index (χ0v) is 11.5. The van der Waals surface area contributed by atoms with Crippen molar-refractivity contribution in [2.45, 2.75) is 6.61 Å². The monoisotopic (exact) mass is 300 g/mol. The molecule has 0 aliphatic carbocycles. The second-order valence-electron chi connectivity index (χ2n) is 4.46. The molecule has 1 aromatic heterocycles. The van der Waals surface area contributed by atoms with Gasteiger partial charge in [0.25, 0.3) is 0 Å². The van der Waals surface area contributed by atoms with Gasteiger partial charge in [0.2, 0.25) is 5.89 Å². The molecular formula is C15H13FN4O2. The number of hydrogen-bond acceptors (Lipinski definition) is 6. The van der Waals surface area contributed by atoms with Gasteiger partial charge in [0, 0.05) is 11.1 Å². The van der Waals surface area contributed by atoms with Crippen LogP contribution in [0.25, 0.3) is 11.5 Å². The number of anilines is 1. The first-order chi connectivity index (χ1) is 10.8. The van der Waals surface area contributed by atoms with Crippen LogP contribution in [0.2, 0.25) is 0 Å². The van der Waals surface area contributed by atoms with Crippen LogP contribution in [0.5, 0.6) is 5.75 Å². The van der Waals surface area contributed by atoms with Crippen molar-refractivity contribution >= 4 is 6.01 Å². The molecule has 0 fully saturated rings. The van der Waals surface area contributed by atoms with Gasteiger partial charge in [0.1, 0.15) is 18.2 Å². The summed E-state index contributed by atoms with van der Waals surface area (Å²) in [5, 5.41) is 7.56. The van der Waals surface area contributed by atoms with Gasteiger partial charge in [-0.05, 0) is 24.3 Å². The molecule has 0 bridgehead atoms. The summed E-state index contributed by atoms with van der Waals surface area (Å²) in [6.45, 7) is 0.134. The molecule has 3 aromatic rings. The predicted octanol–water partition coefficient (Wildman–Crippen LogP) is 2.74. The molecule has 2 aromatic carbocycles. The van der Waals surface area contributed by atoms with Crippen molar-refractivity contribution < 1.29 is 13.5 Å². The highest BCUT2D eigenvalue weighted by atomic mass is 19.1. The van der Waals surface area contributed by atoms with E-state index in [1.165, 1.54) is 6.07 Å². The van der Waals surface area contributed by atoms with Crippen LogP contribution in [-0.2, 0) is 6.61 Å². The van der Waals surface area contributed by atoms with Gasteiger partial charge < -0.3 is 9.15 Å². The van der Waals surface area contributed by atoms with Gasteiger partial charge in [-0.15, -0.1) is 5.10 Å². The third-order valence-corrected chi connectivity index (χ3v) is 2.98. The highest BCUT2D eigenvalue weighted by Gasteiger charge is 2.09. The lowest BCUT2D eigenvalue weighted by Gasteiger charge is -2.07. The first-order valence-corrected chi connectivity index (χ1v) is 6.53. The topological polar surface area (TPSA) is 86.2 Å². The third-order valence-electron chi connectivity index (χ3n) is 2.98. The van der Waals surface area contributed by atoms with Crippen LogP contribution >= 0.6 is 0 Å². The molecule has 22 heavy (non-hydrogen) atoms. The first kappa shape index (κ1) is 14.0. The number of nitrogens with zero attached hydrogens (tertiary/aromatic N) is 2. The van der Waals surface area contributed by atoms with E-state index in [0.717, 1.165) is 0 Å². The Balaban J connectivity index is 1.75. The molecule has 0 saturated carbocycles. The minimum absolute atomic E-state index is 0.118. The van der Waals surface area contributed by atoms with E-state index >= 15 is 0 Å². The number of benzene rings is 2. The summed E-state index contributed by atoms with van der Waals surface area (Å²) in [4.78, 5) is 0. The van der Waals surface area contributed by atoms with Crippen molar-refractivity contribution in [3.8, 4) is 17.2 Å². The number of hydrazine groups is 1. The Morgan fingerprint density at radius 3 is 2.77 bits per heavy atom. The zero-order chi connectivity index (χ0) is 15.4. The van der Waals surface area contributed by atoms with E-state index < -0.39 is 0 Å². The van der Waals surface area contributed by atoms with Crippen LogP contribution < -0.4 is 16.0 Å². The van der Waals surface area contributed by atoms with E-state index in [4.69, 9.17) is 15.0 Å². The van der Waals surface area contributed by atoms with Gasteiger partial charge in [-0.1, -0.05) is 29.4 Å². The summed E-state index contributed by atoms with van der Waals surface area (Å²) >= 11 is 0. The van der Waals surface area contributed by atoms with E-state index in [-0.39, 0.29) is 18.4 Å². The molecule has 3 rings (SSSR count). The van der Waals surface area contributed by atoms with Gasteiger partial charge in [-0.25, -0.2) is 10.2 Å². The average Bonchev–Trinajstić information content (AvgIpc) is 3.03. The first-order valence-electron chi connectivity index (χ1n) is 6.53. The Labute approximate surface area is 125 Å². The second kappa shape index (κ2) is 6.23. The molecule has 0 aliphatic heterocycles. The van der Waals surface area contributed by atoms with Crippen molar-refractivity contribution in [2.24, 2.45) is 5.84 Å². The third kappa shape index (κ3) is 3.04. The van der Waals surface area contributed by atoms with Gasteiger partial charge >= 0.3 is 6.01 Å². The fraction of sp³-hybridized carbons (Fsp3) is 0.0667. The van der Waals surface area contributed by atoms with Crippen LogP contribution in [0.3, 0.4) is 0 Å². The van der Waals surface area contributed by atoms with Crippen molar-refractivity contribution in [2.75, 3.05) is 5.43 Å². The fourth-order valence-electron chi connectivity index (χ4n) is 1.89. The lowest BCUT2D eigenvalue weighted by Crippen LogP contribution is -2.06. The number of ether oxygens (including phenoxy) is 1. The molecule has 1 heterocycles. The average molecular weight is 300 g/mol.